The van der Waals surface area contributed by atoms with Crippen molar-refractivity contribution in [3.05, 3.63) is 53.6 Å². The lowest BCUT2D eigenvalue weighted by molar-refractivity contribution is -0.112. The first-order chi connectivity index (χ1) is 12.2. The molecule has 6 nitrogen and oxygen atoms in total. The zero-order valence-corrected chi connectivity index (χ0v) is 13.6. The second-order valence-electron chi connectivity index (χ2n) is 5.17. The van der Waals surface area contributed by atoms with Gasteiger partial charge in [0.05, 0.1) is 12.3 Å². The Balaban J connectivity index is 1.81. The first kappa shape index (κ1) is 16.4. The van der Waals surface area contributed by atoms with Gasteiger partial charge in [-0.05, 0) is 42.8 Å². The number of carbonyl (C=O) groups is 1. The Morgan fingerprint density at radius 1 is 1.28 bits per heavy atom. The number of hydrogen-bond donors (Lipinski definition) is 1. The van der Waals surface area contributed by atoms with Crippen LogP contribution in [0.3, 0.4) is 0 Å². The van der Waals surface area contributed by atoms with Gasteiger partial charge in [-0.3, -0.25) is 4.79 Å². The first-order valence-corrected chi connectivity index (χ1v) is 7.76. The number of benzene rings is 2. The maximum absolute atomic E-state index is 12.4. The number of hydrogen-bond acceptors (Lipinski definition) is 5. The topological polar surface area (TPSA) is 80.6 Å². The normalized spacial score (nSPS) is 12.4. The molecule has 1 aliphatic heterocycles. The summed E-state index contributed by atoms with van der Waals surface area (Å²) in [5.41, 5.74) is 1.17. The van der Waals surface area contributed by atoms with Gasteiger partial charge in [0.1, 0.15) is 17.4 Å². The lowest BCUT2D eigenvalue weighted by atomic mass is 10.1. The monoisotopic (exact) mass is 336 g/mol. The van der Waals surface area contributed by atoms with Crippen molar-refractivity contribution in [2.45, 2.75) is 6.92 Å². The quantitative estimate of drug-likeness (QED) is 0.669. The van der Waals surface area contributed by atoms with E-state index < -0.39 is 5.91 Å². The summed E-state index contributed by atoms with van der Waals surface area (Å²) in [5.74, 6) is 1.28. The number of nitriles is 1. The molecule has 1 heterocycles. The molecule has 0 unspecified atom stereocenters. The minimum Gasteiger partial charge on any atom is -0.492 e. The van der Waals surface area contributed by atoms with Gasteiger partial charge in [-0.25, -0.2) is 0 Å². The van der Waals surface area contributed by atoms with E-state index in [9.17, 15) is 10.1 Å². The fourth-order valence-corrected chi connectivity index (χ4v) is 2.36. The average molecular weight is 336 g/mol. The largest absolute Gasteiger partial charge is 0.492 e. The highest BCUT2D eigenvalue weighted by atomic mass is 16.7. The van der Waals surface area contributed by atoms with E-state index in [-0.39, 0.29) is 12.4 Å². The molecule has 0 aromatic heterocycles. The molecular weight excluding hydrogens is 320 g/mol. The Hall–Kier alpha value is -3.46. The van der Waals surface area contributed by atoms with Gasteiger partial charge in [-0.1, -0.05) is 18.2 Å². The Morgan fingerprint density at radius 3 is 2.88 bits per heavy atom. The highest BCUT2D eigenvalue weighted by molar-refractivity contribution is 6.10. The molecule has 3 rings (SSSR count). The van der Waals surface area contributed by atoms with E-state index in [0.29, 0.717) is 35.1 Å². The molecule has 0 aliphatic carbocycles. The SMILES string of the molecule is CCOc1ccccc1NC(=O)/C(C#N)=C\c1ccc2c(c1)OCO2. The second-order valence-corrected chi connectivity index (χ2v) is 5.17. The first-order valence-electron chi connectivity index (χ1n) is 7.76. The molecule has 0 fully saturated rings. The molecule has 1 aliphatic rings. The van der Waals surface area contributed by atoms with Crippen LogP contribution in [0.1, 0.15) is 12.5 Å². The van der Waals surface area contributed by atoms with Crippen LogP contribution in [0.5, 0.6) is 17.2 Å². The van der Waals surface area contributed by atoms with Crippen LogP contribution < -0.4 is 19.5 Å². The van der Waals surface area contributed by atoms with Crippen molar-refractivity contribution in [2.24, 2.45) is 0 Å². The van der Waals surface area contributed by atoms with Crippen LogP contribution in [0.25, 0.3) is 6.08 Å². The number of amides is 1. The number of para-hydroxylation sites is 2. The Morgan fingerprint density at radius 2 is 2.08 bits per heavy atom. The van der Waals surface area contributed by atoms with Crippen LogP contribution in [-0.2, 0) is 4.79 Å². The van der Waals surface area contributed by atoms with Gasteiger partial charge in [0.2, 0.25) is 6.79 Å². The molecule has 0 radical (unpaired) electrons. The zero-order chi connectivity index (χ0) is 17.6. The molecule has 0 atom stereocenters. The van der Waals surface area contributed by atoms with Gasteiger partial charge in [0.25, 0.3) is 5.91 Å². The summed E-state index contributed by atoms with van der Waals surface area (Å²) in [5, 5.41) is 12.0. The van der Waals surface area contributed by atoms with E-state index >= 15 is 0 Å². The second kappa shape index (κ2) is 7.41. The minimum atomic E-state index is -0.507. The van der Waals surface area contributed by atoms with Gasteiger partial charge in [-0.2, -0.15) is 5.26 Å². The van der Waals surface area contributed by atoms with Crippen molar-refractivity contribution in [3.63, 3.8) is 0 Å². The molecule has 0 spiro atoms. The Bertz CT molecular complexity index is 868. The molecule has 0 saturated heterocycles. The summed E-state index contributed by atoms with van der Waals surface area (Å²) in [7, 11) is 0. The van der Waals surface area contributed by atoms with E-state index in [4.69, 9.17) is 14.2 Å². The number of nitrogens with one attached hydrogen (secondary N) is 1. The Labute approximate surface area is 145 Å². The van der Waals surface area contributed by atoms with Gasteiger partial charge in [0.15, 0.2) is 11.5 Å². The molecular formula is C19H16N2O4. The molecule has 25 heavy (non-hydrogen) atoms. The van der Waals surface area contributed by atoms with Crippen molar-refractivity contribution in [1.29, 1.82) is 5.26 Å². The van der Waals surface area contributed by atoms with Gasteiger partial charge in [0, 0.05) is 0 Å². The van der Waals surface area contributed by atoms with Crippen LogP contribution in [-0.4, -0.2) is 19.3 Å². The highest BCUT2D eigenvalue weighted by Crippen LogP contribution is 2.33. The Kier molecular flexibility index (Phi) is 4.86. The summed E-state index contributed by atoms with van der Waals surface area (Å²) in [6.07, 6.45) is 1.50. The zero-order valence-electron chi connectivity index (χ0n) is 13.6. The molecule has 0 saturated carbocycles. The fourth-order valence-electron chi connectivity index (χ4n) is 2.36. The molecule has 1 N–H and O–H groups in total. The lowest BCUT2D eigenvalue weighted by Gasteiger charge is -2.10. The number of carbonyl (C=O) groups excluding carboxylic acids is 1. The average Bonchev–Trinajstić information content (AvgIpc) is 3.09. The van der Waals surface area contributed by atoms with E-state index in [1.165, 1.54) is 6.08 Å². The van der Waals surface area contributed by atoms with Crippen molar-refractivity contribution >= 4 is 17.7 Å². The standard InChI is InChI=1S/C19H16N2O4/c1-2-23-16-6-4-3-5-15(16)21-19(22)14(11-20)9-13-7-8-17-18(10-13)25-12-24-17/h3-10H,2,12H2,1H3,(H,21,22)/b14-9-. The summed E-state index contributed by atoms with van der Waals surface area (Å²) in [6.45, 7) is 2.51. The number of fused-ring (bicyclic) bond motifs is 1. The number of rotatable bonds is 5. The van der Waals surface area contributed by atoms with Crippen molar-refractivity contribution in [1.82, 2.24) is 0 Å². The maximum atomic E-state index is 12.4. The predicted molar refractivity (Wildman–Crippen MR) is 92.4 cm³/mol. The van der Waals surface area contributed by atoms with Crippen LogP contribution in [0.4, 0.5) is 5.69 Å². The van der Waals surface area contributed by atoms with Crippen LogP contribution in [0, 0.1) is 11.3 Å². The molecule has 2 aromatic carbocycles. The summed E-state index contributed by atoms with van der Waals surface area (Å²) in [6, 6.07) is 14.2. The molecule has 6 heteroatoms. The summed E-state index contributed by atoms with van der Waals surface area (Å²) < 4.78 is 16.0. The number of nitrogens with zero attached hydrogens (tertiary/aromatic N) is 1. The van der Waals surface area contributed by atoms with Gasteiger partial charge < -0.3 is 19.5 Å². The van der Waals surface area contributed by atoms with E-state index in [1.54, 1.807) is 36.4 Å². The third kappa shape index (κ3) is 3.72. The summed E-state index contributed by atoms with van der Waals surface area (Å²) >= 11 is 0. The van der Waals surface area contributed by atoms with Crippen LogP contribution >= 0.6 is 0 Å². The van der Waals surface area contributed by atoms with Crippen LogP contribution in [0.2, 0.25) is 0 Å². The highest BCUT2D eigenvalue weighted by Gasteiger charge is 2.15. The third-order valence-electron chi connectivity index (χ3n) is 3.51. The molecule has 2 aromatic rings. The predicted octanol–water partition coefficient (Wildman–Crippen LogP) is 3.36. The van der Waals surface area contributed by atoms with Gasteiger partial charge in [-0.15, -0.1) is 0 Å². The third-order valence-corrected chi connectivity index (χ3v) is 3.51. The number of ether oxygens (including phenoxy) is 3. The van der Waals surface area contributed by atoms with Crippen LogP contribution in [0.15, 0.2) is 48.0 Å². The maximum Gasteiger partial charge on any atom is 0.266 e. The molecule has 0 bridgehead atoms. The fraction of sp³-hybridized carbons (Fsp3) is 0.158. The summed E-state index contributed by atoms with van der Waals surface area (Å²) in [4.78, 5) is 12.4. The van der Waals surface area contributed by atoms with Crippen molar-refractivity contribution in [3.8, 4) is 23.3 Å². The van der Waals surface area contributed by atoms with Crippen molar-refractivity contribution in [2.75, 3.05) is 18.7 Å². The van der Waals surface area contributed by atoms with E-state index in [1.807, 2.05) is 19.1 Å². The number of anilines is 1. The smallest absolute Gasteiger partial charge is 0.266 e. The lowest BCUT2D eigenvalue weighted by Crippen LogP contribution is -2.14. The van der Waals surface area contributed by atoms with E-state index in [2.05, 4.69) is 5.32 Å². The van der Waals surface area contributed by atoms with Gasteiger partial charge >= 0.3 is 0 Å². The van der Waals surface area contributed by atoms with Crippen molar-refractivity contribution < 1.29 is 19.0 Å². The van der Waals surface area contributed by atoms with E-state index in [0.717, 1.165) is 0 Å². The molecule has 126 valence electrons. The minimum absolute atomic E-state index is 0.0230. The molecule has 1 amide bonds.